The van der Waals surface area contributed by atoms with E-state index in [2.05, 4.69) is 168 Å². The molecule has 47 heavy (non-hydrogen) atoms. The van der Waals surface area contributed by atoms with E-state index < -0.39 is 0 Å². The monoisotopic (exact) mass is 605 g/mol. The van der Waals surface area contributed by atoms with Crippen molar-refractivity contribution in [3.8, 4) is 33.4 Å². The highest BCUT2D eigenvalue weighted by atomic mass is 14.7. The van der Waals surface area contributed by atoms with E-state index in [1.54, 1.807) is 0 Å². The zero-order chi connectivity index (χ0) is 32.1. The van der Waals surface area contributed by atoms with Crippen molar-refractivity contribution in [2.45, 2.75) is 57.8 Å². The molecule has 0 saturated heterocycles. The number of aromatic nitrogens is 1. The average molecular weight is 606 g/mol. The molecule has 0 bridgehead atoms. The zero-order valence-corrected chi connectivity index (χ0v) is 28.0. The number of hydrogen-bond acceptors (Lipinski definition) is 0. The second kappa shape index (κ2) is 8.52. The van der Waals surface area contributed by atoms with Crippen LogP contribution >= 0.6 is 0 Å². The molecule has 1 N–H and O–H groups in total. The van der Waals surface area contributed by atoms with Crippen LogP contribution in [0.5, 0.6) is 0 Å². The predicted molar refractivity (Wildman–Crippen MR) is 197 cm³/mol. The zero-order valence-electron chi connectivity index (χ0n) is 28.0. The van der Waals surface area contributed by atoms with Crippen molar-refractivity contribution >= 4 is 21.8 Å². The molecule has 3 aliphatic rings. The Morgan fingerprint density at radius 2 is 0.915 bits per heavy atom. The molecule has 1 heteroatoms. The second-order valence-electron chi connectivity index (χ2n) is 15.8. The first-order chi connectivity index (χ1) is 22.6. The van der Waals surface area contributed by atoms with Crippen LogP contribution in [0.25, 0.3) is 55.2 Å². The van der Waals surface area contributed by atoms with E-state index in [9.17, 15) is 0 Å². The van der Waals surface area contributed by atoms with Crippen molar-refractivity contribution in [3.63, 3.8) is 0 Å². The van der Waals surface area contributed by atoms with Gasteiger partial charge in [-0.25, -0.2) is 0 Å². The number of rotatable bonds is 1. The van der Waals surface area contributed by atoms with Crippen molar-refractivity contribution < 1.29 is 0 Å². The summed E-state index contributed by atoms with van der Waals surface area (Å²) < 4.78 is 0. The van der Waals surface area contributed by atoms with E-state index in [1.807, 2.05) is 0 Å². The molecular weight excluding hydrogens is 567 g/mol. The van der Waals surface area contributed by atoms with Crippen molar-refractivity contribution in [1.82, 2.24) is 4.98 Å². The van der Waals surface area contributed by atoms with Crippen LogP contribution < -0.4 is 0 Å². The van der Waals surface area contributed by atoms with Crippen LogP contribution in [0, 0.1) is 5.41 Å². The number of nitrogens with one attached hydrogen (secondary N) is 1. The van der Waals surface area contributed by atoms with Crippen LogP contribution in [0.3, 0.4) is 0 Å². The van der Waals surface area contributed by atoms with Gasteiger partial charge in [-0.3, -0.25) is 0 Å². The van der Waals surface area contributed by atoms with Crippen molar-refractivity contribution in [3.05, 3.63) is 155 Å². The summed E-state index contributed by atoms with van der Waals surface area (Å²) in [6.07, 6.45) is 0. The number of aromatic amines is 1. The number of hydrogen-bond donors (Lipinski definition) is 1. The maximum Gasteiger partial charge on any atom is 0.0725 e. The summed E-state index contributed by atoms with van der Waals surface area (Å²) in [6, 6.07) is 46.3. The summed E-state index contributed by atoms with van der Waals surface area (Å²) in [5, 5.41) is 2.62. The lowest BCUT2D eigenvalue weighted by Gasteiger charge is -2.44. The molecule has 1 spiro atoms. The van der Waals surface area contributed by atoms with Gasteiger partial charge >= 0.3 is 0 Å². The molecule has 1 nitrogen and oxygen atoms in total. The molecule has 0 unspecified atom stereocenters. The van der Waals surface area contributed by atoms with E-state index in [4.69, 9.17) is 0 Å². The molecule has 0 fully saturated rings. The van der Waals surface area contributed by atoms with Crippen molar-refractivity contribution in [2.24, 2.45) is 5.41 Å². The van der Waals surface area contributed by atoms with Gasteiger partial charge in [-0.15, -0.1) is 0 Å². The first kappa shape index (κ1) is 27.3. The van der Waals surface area contributed by atoms with Crippen LogP contribution in [0.1, 0.15) is 74.9 Å². The Morgan fingerprint density at radius 1 is 0.404 bits per heavy atom. The Balaban J connectivity index is 1.24. The predicted octanol–water partition coefficient (Wildman–Crippen LogP) is 11.9. The molecule has 1 heterocycles. The molecule has 10 rings (SSSR count). The minimum absolute atomic E-state index is 0.0629. The van der Waals surface area contributed by atoms with Gasteiger partial charge in [0.1, 0.15) is 0 Å². The average Bonchev–Trinajstić information content (AvgIpc) is 3.73. The molecule has 7 aromatic rings. The summed E-state index contributed by atoms with van der Waals surface area (Å²) in [4.78, 5) is 3.81. The summed E-state index contributed by atoms with van der Waals surface area (Å²) in [5.41, 5.74) is 18.8. The molecular formula is C46H39N. The molecule has 0 saturated carbocycles. The largest absolute Gasteiger partial charge is 0.355 e. The maximum absolute atomic E-state index is 3.81. The van der Waals surface area contributed by atoms with Crippen LogP contribution in [-0.4, -0.2) is 4.98 Å². The van der Waals surface area contributed by atoms with Crippen LogP contribution in [-0.2, 0) is 16.2 Å². The Labute approximate surface area is 277 Å². The van der Waals surface area contributed by atoms with Crippen LogP contribution in [0.4, 0.5) is 0 Å². The molecule has 3 aliphatic carbocycles. The summed E-state index contributed by atoms with van der Waals surface area (Å²) in [5.74, 6) is 0. The van der Waals surface area contributed by atoms with Gasteiger partial charge < -0.3 is 4.98 Å². The lowest BCUT2D eigenvalue weighted by Crippen LogP contribution is -2.42. The van der Waals surface area contributed by atoms with E-state index in [-0.39, 0.29) is 21.7 Å². The lowest BCUT2D eigenvalue weighted by molar-refractivity contribution is 0.125. The standard InChI is InChI=1S/C46H39N/c1-43(2)38-25-33-32-24-27(22-23-40(32)47-41(33)26-39(38)44(3,4)45(43,5)6)28-17-13-21-37-42(28)31-16-9-12-20-36(31)46(37)34-18-10-7-14-29(34)30-15-8-11-19-35(30)46/h7-26,47H,1-6H3. The normalized spacial score (nSPS) is 18.3. The lowest BCUT2D eigenvalue weighted by atomic mass is 9.59. The summed E-state index contributed by atoms with van der Waals surface area (Å²) >= 11 is 0. The highest BCUT2D eigenvalue weighted by molar-refractivity contribution is 6.10. The van der Waals surface area contributed by atoms with E-state index >= 15 is 0 Å². The number of fused-ring (bicyclic) bond motifs is 14. The Hall–Kier alpha value is -4.88. The summed E-state index contributed by atoms with van der Waals surface area (Å²) in [6.45, 7) is 14.6. The topological polar surface area (TPSA) is 15.8 Å². The third-order valence-corrected chi connectivity index (χ3v) is 13.5. The van der Waals surface area contributed by atoms with Crippen molar-refractivity contribution in [1.29, 1.82) is 0 Å². The third-order valence-electron chi connectivity index (χ3n) is 13.5. The smallest absolute Gasteiger partial charge is 0.0725 e. The highest BCUT2D eigenvalue weighted by Gasteiger charge is 2.57. The second-order valence-corrected chi connectivity index (χ2v) is 15.8. The van der Waals surface area contributed by atoms with Gasteiger partial charge in [-0.1, -0.05) is 139 Å². The molecule has 0 radical (unpaired) electrons. The quantitative estimate of drug-likeness (QED) is 0.192. The van der Waals surface area contributed by atoms with E-state index in [1.165, 1.54) is 88.6 Å². The van der Waals surface area contributed by atoms with Gasteiger partial charge in [-0.2, -0.15) is 0 Å². The van der Waals surface area contributed by atoms with Crippen molar-refractivity contribution in [2.75, 3.05) is 0 Å². The van der Waals surface area contributed by atoms with E-state index in [0.717, 1.165) is 0 Å². The minimum atomic E-state index is -0.328. The molecule has 1 aromatic heterocycles. The van der Waals surface area contributed by atoms with Gasteiger partial charge in [0.2, 0.25) is 0 Å². The fourth-order valence-electron chi connectivity index (χ4n) is 9.99. The minimum Gasteiger partial charge on any atom is -0.355 e. The number of H-pyrrole nitrogens is 1. The SMILES string of the molecule is CC1(C)c2cc3[nH]c4ccc(-c5cccc6c5-c5ccccc5C65c6ccccc6-c6ccccc65)cc4c3cc2C(C)(C)C1(C)C. The molecule has 6 aromatic carbocycles. The fourth-order valence-corrected chi connectivity index (χ4v) is 9.99. The Kier molecular flexibility index (Phi) is 4.94. The molecule has 0 amide bonds. The van der Waals surface area contributed by atoms with Gasteiger partial charge in [0.05, 0.1) is 5.41 Å². The third kappa shape index (κ3) is 2.99. The van der Waals surface area contributed by atoms with Gasteiger partial charge in [-0.05, 0) is 107 Å². The van der Waals surface area contributed by atoms with Crippen LogP contribution in [0.2, 0.25) is 0 Å². The number of benzene rings is 6. The Bertz CT molecular complexity index is 2450. The molecule has 0 atom stereocenters. The first-order valence-electron chi connectivity index (χ1n) is 17.1. The molecule has 0 aliphatic heterocycles. The van der Waals surface area contributed by atoms with Gasteiger partial charge in [0, 0.05) is 21.8 Å². The molecule has 228 valence electrons. The van der Waals surface area contributed by atoms with Crippen LogP contribution in [0.15, 0.2) is 121 Å². The maximum atomic E-state index is 3.81. The van der Waals surface area contributed by atoms with E-state index in [0.29, 0.717) is 0 Å². The fraction of sp³-hybridized carbons (Fsp3) is 0.217. The highest BCUT2D eigenvalue weighted by Crippen LogP contribution is 2.64. The van der Waals surface area contributed by atoms with Gasteiger partial charge in [0.25, 0.3) is 0 Å². The van der Waals surface area contributed by atoms with Gasteiger partial charge in [0.15, 0.2) is 0 Å². The summed E-state index contributed by atoms with van der Waals surface area (Å²) in [7, 11) is 0. The Morgan fingerprint density at radius 3 is 1.57 bits per heavy atom. The first-order valence-corrected chi connectivity index (χ1v) is 17.1.